The molecule has 1 amide bonds. The number of aryl methyl sites for hydroxylation is 1. The molecule has 0 saturated heterocycles. The summed E-state index contributed by atoms with van der Waals surface area (Å²) in [5, 5.41) is 14.7. The maximum absolute atomic E-state index is 12.6. The minimum Gasteiger partial charge on any atom is -0.464 e. The van der Waals surface area contributed by atoms with Gasteiger partial charge in [-0.2, -0.15) is 0 Å². The molecular weight excluding hydrogens is 406 g/mol. The van der Waals surface area contributed by atoms with E-state index in [0.717, 1.165) is 16.3 Å². The molecule has 0 unspecified atom stereocenters. The number of fused-ring (bicyclic) bond motifs is 2. The van der Waals surface area contributed by atoms with E-state index in [2.05, 4.69) is 26.1 Å². The topological polar surface area (TPSA) is 92.7 Å². The predicted molar refractivity (Wildman–Crippen MR) is 124 cm³/mol. The fourth-order valence-electron chi connectivity index (χ4n) is 3.92. The van der Waals surface area contributed by atoms with E-state index in [4.69, 9.17) is 8.83 Å². The van der Waals surface area contributed by atoms with Gasteiger partial charge in [-0.3, -0.25) is 4.79 Å². The van der Waals surface area contributed by atoms with Crippen molar-refractivity contribution in [1.29, 1.82) is 0 Å². The second-order valence-corrected chi connectivity index (χ2v) is 9.14. The van der Waals surface area contributed by atoms with Crippen LogP contribution in [0.3, 0.4) is 0 Å². The quantitative estimate of drug-likeness (QED) is 0.451. The molecule has 166 valence electrons. The molecule has 6 nitrogen and oxygen atoms in total. The minimum atomic E-state index is -0.820. The molecule has 0 aliphatic heterocycles. The van der Waals surface area contributed by atoms with Crippen molar-refractivity contribution in [3.63, 3.8) is 0 Å². The molecule has 0 aliphatic rings. The van der Waals surface area contributed by atoms with Gasteiger partial charge in [-0.1, -0.05) is 51.1 Å². The number of carbonyl (C=O) groups excluding carboxylic acids is 1. The summed E-state index contributed by atoms with van der Waals surface area (Å²) >= 11 is 0. The highest BCUT2D eigenvalue weighted by molar-refractivity contribution is 5.97. The van der Waals surface area contributed by atoms with E-state index in [9.17, 15) is 14.7 Å². The summed E-state index contributed by atoms with van der Waals surface area (Å²) in [5.74, 6) is -0.352. The zero-order valence-corrected chi connectivity index (χ0v) is 18.7. The van der Waals surface area contributed by atoms with Crippen molar-refractivity contribution < 1.29 is 18.7 Å². The van der Waals surface area contributed by atoms with Crippen LogP contribution in [0.5, 0.6) is 0 Å². The number of nitrogens with one attached hydrogen (secondary N) is 1. The summed E-state index contributed by atoms with van der Waals surface area (Å²) in [4.78, 5) is 25.2. The smallest absolute Gasteiger partial charge is 0.340 e. The van der Waals surface area contributed by atoms with E-state index in [1.807, 2.05) is 31.2 Å². The Morgan fingerprint density at radius 3 is 2.50 bits per heavy atom. The maximum Gasteiger partial charge on any atom is 0.340 e. The molecule has 6 heteroatoms. The molecule has 0 spiro atoms. The Bertz CT molecular complexity index is 1340. The van der Waals surface area contributed by atoms with Gasteiger partial charge in [-0.25, -0.2) is 4.79 Å². The van der Waals surface area contributed by atoms with Gasteiger partial charge in [0.15, 0.2) is 0 Å². The molecule has 4 aromatic rings. The number of rotatable bonds is 5. The first-order valence-electron chi connectivity index (χ1n) is 10.6. The first-order valence-corrected chi connectivity index (χ1v) is 10.6. The molecular formula is C26H27NO5. The van der Waals surface area contributed by atoms with Crippen LogP contribution in [0.15, 0.2) is 62.4 Å². The van der Waals surface area contributed by atoms with E-state index in [0.29, 0.717) is 27.9 Å². The van der Waals surface area contributed by atoms with Crippen LogP contribution >= 0.6 is 0 Å². The molecule has 0 saturated carbocycles. The van der Waals surface area contributed by atoms with E-state index < -0.39 is 11.7 Å². The Hall–Kier alpha value is -3.38. The third kappa shape index (κ3) is 4.18. The highest BCUT2D eigenvalue weighted by Crippen LogP contribution is 2.35. The van der Waals surface area contributed by atoms with Gasteiger partial charge in [0.05, 0.1) is 24.4 Å². The van der Waals surface area contributed by atoms with Crippen LogP contribution in [0.1, 0.15) is 49.1 Å². The Balaban J connectivity index is 1.61. The monoisotopic (exact) mass is 433 g/mol. The van der Waals surface area contributed by atoms with Crippen molar-refractivity contribution in [2.75, 3.05) is 6.54 Å². The van der Waals surface area contributed by atoms with Gasteiger partial charge in [-0.05, 0) is 29.5 Å². The Kier molecular flexibility index (Phi) is 5.65. The Morgan fingerprint density at radius 2 is 1.81 bits per heavy atom. The highest BCUT2D eigenvalue weighted by atomic mass is 16.4. The fourth-order valence-corrected chi connectivity index (χ4v) is 3.92. The van der Waals surface area contributed by atoms with Crippen LogP contribution in [0.4, 0.5) is 0 Å². The largest absolute Gasteiger partial charge is 0.464 e. The minimum absolute atomic E-state index is 0.0609. The van der Waals surface area contributed by atoms with Crippen LogP contribution in [-0.2, 0) is 16.6 Å². The van der Waals surface area contributed by atoms with E-state index in [-0.39, 0.29) is 24.3 Å². The highest BCUT2D eigenvalue weighted by Gasteiger charge is 2.22. The van der Waals surface area contributed by atoms with E-state index in [1.54, 1.807) is 24.5 Å². The third-order valence-electron chi connectivity index (χ3n) is 5.80. The number of hydrogen-bond acceptors (Lipinski definition) is 5. The average Bonchev–Trinajstić information content (AvgIpc) is 3.18. The normalized spacial score (nSPS) is 12.9. The molecule has 0 radical (unpaired) electrons. The first-order chi connectivity index (χ1) is 15.1. The second-order valence-electron chi connectivity index (χ2n) is 9.14. The van der Waals surface area contributed by atoms with Gasteiger partial charge in [0.25, 0.3) is 0 Å². The molecule has 0 bridgehead atoms. The van der Waals surface area contributed by atoms with Crippen molar-refractivity contribution in [2.45, 2.75) is 45.6 Å². The van der Waals surface area contributed by atoms with Gasteiger partial charge in [0.1, 0.15) is 11.2 Å². The van der Waals surface area contributed by atoms with Crippen molar-refractivity contribution >= 4 is 27.8 Å². The fraction of sp³-hybridized carbons (Fsp3) is 0.308. The lowest BCUT2D eigenvalue weighted by atomic mass is 9.86. The molecule has 2 aromatic heterocycles. The summed E-state index contributed by atoms with van der Waals surface area (Å²) in [6, 6.07) is 12.8. The van der Waals surface area contributed by atoms with Gasteiger partial charge >= 0.3 is 5.63 Å². The lowest BCUT2D eigenvalue weighted by Gasteiger charge is -2.16. The number of hydrogen-bond donors (Lipinski definition) is 2. The van der Waals surface area contributed by atoms with Crippen molar-refractivity contribution in [3.05, 3.63) is 81.4 Å². The standard InChI is InChI=1S/C26H27NO5/c1-15-17-10-19-20(26(2,3)4)14-31-22(19)12-23(17)32-25(30)18(15)11-24(29)27-13-21(28)16-8-6-5-7-9-16/h5-10,12,14,21,28H,11,13H2,1-4H3,(H,27,29)/t21-/m0/s1. The zero-order chi connectivity index (χ0) is 23.0. The van der Waals surface area contributed by atoms with Crippen molar-refractivity contribution in [3.8, 4) is 0 Å². The van der Waals surface area contributed by atoms with Gasteiger partial charge in [0.2, 0.25) is 5.91 Å². The third-order valence-corrected chi connectivity index (χ3v) is 5.80. The van der Waals surface area contributed by atoms with Gasteiger partial charge < -0.3 is 19.3 Å². The van der Waals surface area contributed by atoms with Crippen LogP contribution < -0.4 is 10.9 Å². The molecule has 0 aliphatic carbocycles. The summed E-state index contributed by atoms with van der Waals surface area (Å²) < 4.78 is 11.2. The number of carbonyl (C=O) groups is 1. The summed E-state index contributed by atoms with van der Waals surface area (Å²) in [6.45, 7) is 8.21. The van der Waals surface area contributed by atoms with Crippen LogP contribution in [0.2, 0.25) is 0 Å². The first kappa shape index (κ1) is 21.8. The molecule has 2 aromatic carbocycles. The van der Waals surface area contributed by atoms with Gasteiger partial charge in [-0.15, -0.1) is 0 Å². The van der Waals surface area contributed by atoms with Crippen molar-refractivity contribution in [1.82, 2.24) is 5.32 Å². The summed E-state index contributed by atoms with van der Waals surface area (Å²) in [5.41, 5.74) is 3.23. The maximum atomic E-state index is 12.6. The SMILES string of the molecule is Cc1c(CC(=O)NC[C@H](O)c2ccccc2)c(=O)oc2cc3occ(C(C)(C)C)c3cc12. The summed E-state index contributed by atoms with van der Waals surface area (Å²) in [6.07, 6.45) is 0.796. The Morgan fingerprint density at radius 1 is 1.09 bits per heavy atom. The molecule has 1 atom stereocenters. The second kappa shape index (κ2) is 8.28. The number of amides is 1. The zero-order valence-electron chi connectivity index (χ0n) is 18.7. The Labute approximate surface area is 185 Å². The predicted octanol–water partition coefficient (Wildman–Crippen LogP) is 4.54. The molecule has 2 N–H and O–H groups in total. The number of aliphatic hydroxyl groups is 1. The number of furan rings is 1. The molecule has 0 fully saturated rings. The molecule has 32 heavy (non-hydrogen) atoms. The van der Waals surface area contributed by atoms with Crippen LogP contribution in [0, 0.1) is 6.92 Å². The molecule has 2 heterocycles. The lowest BCUT2D eigenvalue weighted by molar-refractivity contribution is -0.120. The average molecular weight is 434 g/mol. The number of aliphatic hydroxyl groups excluding tert-OH is 1. The molecule has 4 rings (SSSR count). The summed E-state index contributed by atoms with van der Waals surface area (Å²) in [7, 11) is 0. The van der Waals surface area contributed by atoms with Gasteiger partial charge in [0, 0.05) is 28.9 Å². The number of benzene rings is 2. The van der Waals surface area contributed by atoms with Crippen LogP contribution in [0.25, 0.3) is 21.9 Å². The lowest BCUT2D eigenvalue weighted by Crippen LogP contribution is -2.31. The van der Waals surface area contributed by atoms with E-state index >= 15 is 0 Å². The van der Waals surface area contributed by atoms with Crippen molar-refractivity contribution in [2.24, 2.45) is 0 Å². The van der Waals surface area contributed by atoms with E-state index in [1.165, 1.54) is 0 Å². The van der Waals surface area contributed by atoms with Crippen LogP contribution in [-0.4, -0.2) is 17.6 Å².